The van der Waals surface area contributed by atoms with Gasteiger partial charge in [0.1, 0.15) is 5.75 Å². The van der Waals surface area contributed by atoms with Crippen molar-refractivity contribution < 1.29 is 22.6 Å². The average molecular weight is 469 g/mol. The second kappa shape index (κ2) is 7.90. The first-order chi connectivity index (χ1) is 13.5. The van der Waals surface area contributed by atoms with Gasteiger partial charge in [0.25, 0.3) is 0 Å². The molecule has 9 heteroatoms. The smallest absolute Gasteiger partial charge is 0.243 e. The Balaban J connectivity index is 1.40. The van der Waals surface area contributed by atoms with Crippen LogP contribution in [-0.4, -0.2) is 57.7 Å². The fourth-order valence-electron chi connectivity index (χ4n) is 3.38. The van der Waals surface area contributed by atoms with E-state index < -0.39 is 10.0 Å². The predicted octanol–water partition coefficient (Wildman–Crippen LogP) is 2.69. The van der Waals surface area contributed by atoms with Crippen molar-refractivity contribution in [2.24, 2.45) is 0 Å². The molecule has 0 N–H and O–H groups in total. The summed E-state index contributed by atoms with van der Waals surface area (Å²) in [5.74, 6) is 2.14. The summed E-state index contributed by atoms with van der Waals surface area (Å²) in [5.41, 5.74) is 1.12. The zero-order chi connectivity index (χ0) is 19.7. The molecule has 4 rings (SSSR count). The molecule has 0 aromatic heterocycles. The van der Waals surface area contributed by atoms with Crippen LogP contribution in [0.15, 0.2) is 45.8 Å². The zero-order valence-corrected chi connectivity index (χ0v) is 17.8. The third kappa shape index (κ3) is 3.84. The Bertz CT molecular complexity index is 974. The average Bonchev–Trinajstić information content (AvgIpc) is 3.16. The molecule has 7 nitrogen and oxygen atoms in total. The monoisotopic (exact) mass is 468 g/mol. The van der Waals surface area contributed by atoms with Gasteiger partial charge in [-0.25, -0.2) is 8.42 Å². The van der Waals surface area contributed by atoms with Crippen LogP contribution >= 0.6 is 15.9 Å². The Labute approximate surface area is 173 Å². The molecule has 2 aromatic carbocycles. The molecule has 0 bridgehead atoms. The summed E-state index contributed by atoms with van der Waals surface area (Å²) >= 11 is 3.36. The van der Waals surface area contributed by atoms with E-state index in [0.29, 0.717) is 36.4 Å². The van der Waals surface area contributed by atoms with Gasteiger partial charge < -0.3 is 14.2 Å². The van der Waals surface area contributed by atoms with E-state index >= 15 is 0 Å². The van der Waals surface area contributed by atoms with E-state index in [1.165, 1.54) is 4.31 Å². The molecule has 0 spiro atoms. The van der Waals surface area contributed by atoms with E-state index in [9.17, 15) is 8.42 Å². The first kappa shape index (κ1) is 19.5. The van der Waals surface area contributed by atoms with Crippen molar-refractivity contribution in [1.82, 2.24) is 9.21 Å². The van der Waals surface area contributed by atoms with Gasteiger partial charge >= 0.3 is 0 Å². The second-order valence-corrected chi connectivity index (χ2v) is 9.46. The fourth-order valence-corrected chi connectivity index (χ4v) is 5.52. The van der Waals surface area contributed by atoms with Crippen LogP contribution in [0.25, 0.3) is 0 Å². The highest BCUT2D eigenvalue weighted by Crippen LogP contribution is 2.33. The topological polar surface area (TPSA) is 68.3 Å². The number of hydrogen-bond acceptors (Lipinski definition) is 6. The van der Waals surface area contributed by atoms with Gasteiger partial charge in [-0.05, 0) is 51.8 Å². The number of piperazine rings is 1. The van der Waals surface area contributed by atoms with Crippen molar-refractivity contribution in [1.29, 1.82) is 0 Å². The molecular formula is C19H21BrN2O5S. The first-order valence-electron chi connectivity index (χ1n) is 8.92. The molecule has 0 atom stereocenters. The van der Waals surface area contributed by atoms with E-state index in [-0.39, 0.29) is 11.7 Å². The van der Waals surface area contributed by atoms with Gasteiger partial charge in [0.15, 0.2) is 11.5 Å². The standard InChI is InChI=1S/C19H21BrN2O5S/c1-25-17-5-3-15(11-16(17)20)28(23,24)22-8-6-21(7-9-22)12-14-2-4-18-19(10-14)27-13-26-18/h2-5,10-11H,6-9,12-13H2,1H3. The lowest BCUT2D eigenvalue weighted by atomic mass is 10.2. The Morgan fingerprint density at radius 2 is 1.79 bits per heavy atom. The van der Waals surface area contributed by atoms with Crippen LogP contribution in [-0.2, 0) is 16.6 Å². The van der Waals surface area contributed by atoms with Crippen molar-refractivity contribution in [3.8, 4) is 17.2 Å². The Morgan fingerprint density at radius 3 is 2.50 bits per heavy atom. The summed E-state index contributed by atoms with van der Waals surface area (Å²) in [6.45, 7) is 3.26. The van der Waals surface area contributed by atoms with Crippen LogP contribution in [0.1, 0.15) is 5.56 Å². The van der Waals surface area contributed by atoms with Crippen LogP contribution in [0.3, 0.4) is 0 Å². The van der Waals surface area contributed by atoms with E-state index in [0.717, 1.165) is 23.6 Å². The largest absolute Gasteiger partial charge is 0.496 e. The Morgan fingerprint density at radius 1 is 1.04 bits per heavy atom. The summed E-state index contributed by atoms with van der Waals surface area (Å²) in [7, 11) is -1.98. The minimum Gasteiger partial charge on any atom is -0.496 e. The highest BCUT2D eigenvalue weighted by atomic mass is 79.9. The van der Waals surface area contributed by atoms with Crippen molar-refractivity contribution >= 4 is 26.0 Å². The molecule has 0 saturated carbocycles. The Hall–Kier alpha value is -1.81. The lowest BCUT2D eigenvalue weighted by Crippen LogP contribution is -2.48. The van der Waals surface area contributed by atoms with Crippen LogP contribution < -0.4 is 14.2 Å². The molecule has 2 aromatic rings. The highest BCUT2D eigenvalue weighted by molar-refractivity contribution is 9.10. The molecule has 0 unspecified atom stereocenters. The van der Waals surface area contributed by atoms with Crippen LogP contribution in [0.2, 0.25) is 0 Å². The molecule has 2 heterocycles. The summed E-state index contributed by atoms with van der Waals surface area (Å²) in [5, 5.41) is 0. The lowest BCUT2D eigenvalue weighted by Gasteiger charge is -2.34. The minimum atomic E-state index is -3.53. The van der Waals surface area contributed by atoms with E-state index in [4.69, 9.17) is 14.2 Å². The van der Waals surface area contributed by atoms with Gasteiger partial charge in [0.05, 0.1) is 16.5 Å². The quantitative estimate of drug-likeness (QED) is 0.671. The maximum Gasteiger partial charge on any atom is 0.243 e. The number of fused-ring (bicyclic) bond motifs is 1. The number of hydrogen-bond donors (Lipinski definition) is 0. The Kier molecular flexibility index (Phi) is 5.50. The van der Waals surface area contributed by atoms with Gasteiger partial charge in [-0.3, -0.25) is 4.90 Å². The molecule has 1 saturated heterocycles. The number of sulfonamides is 1. The maximum absolute atomic E-state index is 12.9. The summed E-state index contributed by atoms with van der Waals surface area (Å²) < 4.78 is 44.0. The van der Waals surface area contributed by atoms with Gasteiger partial charge in [-0.1, -0.05) is 6.07 Å². The second-order valence-electron chi connectivity index (χ2n) is 6.66. The first-order valence-corrected chi connectivity index (χ1v) is 11.2. The lowest BCUT2D eigenvalue weighted by molar-refractivity contribution is 0.173. The summed E-state index contributed by atoms with van der Waals surface area (Å²) in [6, 6.07) is 10.8. The number of nitrogens with zero attached hydrogens (tertiary/aromatic N) is 2. The predicted molar refractivity (Wildman–Crippen MR) is 107 cm³/mol. The number of methoxy groups -OCH3 is 1. The van der Waals surface area contributed by atoms with E-state index in [2.05, 4.69) is 20.8 Å². The van der Waals surface area contributed by atoms with E-state index in [1.54, 1.807) is 25.3 Å². The van der Waals surface area contributed by atoms with E-state index in [1.807, 2.05) is 18.2 Å². The van der Waals surface area contributed by atoms with Gasteiger partial charge in [0, 0.05) is 32.7 Å². The number of benzene rings is 2. The molecule has 2 aliphatic heterocycles. The highest BCUT2D eigenvalue weighted by Gasteiger charge is 2.29. The number of halogens is 1. The van der Waals surface area contributed by atoms with Gasteiger partial charge in [-0.2, -0.15) is 4.31 Å². The molecule has 0 radical (unpaired) electrons. The van der Waals surface area contributed by atoms with Crippen molar-refractivity contribution in [3.63, 3.8) is 0 Å². The van der Waals surface area contributed by atoms with Gasteiger partial charge in [-0.15, -0.1) is 0 Å². The molecule has 2 aliphatic rings. The molecular weight excluding hydrogens is 448 g/mol. The maximum atomic E-state index is 12.9. The normalized spacial score (nSPS) is 17.6. The zero-order valence-electron chi connectivity index (χ0n) is 15.4. The van der Waals surface area contributed by atoms with Gasteiger partial charge in [0.2, 0.25) is 16.8 Å². The molecule has 28 heavy (non-hydrogen) atoms. The third-order valence-corrected chi connectivity index (χ3v) is 7.45. The minimum absolute atomic E-state index is 0.261. The molecule has 0 amide bonds. The third-order valence-electron chi connectivity index (χ3n) is 4.94. The molecule has 0 aliphatic carbocycles. The number of rotatable bonds is 5. The SMILES string of the molecule is COc1ccc(S(=O)(=O)N2CCN(Cc3ccc4c(c3)OCO4)CC2)cc1Br. The van der Waals surface area contributed by atoms with Crippen molar-refractivity contribution in [2.75, 3.05) is 40.1 Å². The summed E-state index contributed by atoms with van der Waals surface area (Å²) in [4.78, 5) is 2.51. The van der Waals surface area contributed by atoms with Crippen LogP contribution in [0, 0.1) is 0 Å². The molecule has 150 valence electrons. The number of ether oxygens (including phenoxy) is 3. The van der Waals surface area contributed by atoms with Crippen LogP contribution in [0.5, 0.6) is 17.2 Å². The molecule has 1 fully saturated rings. The fraction of sp³-hybridized carbons (Fsp3) is 0.368. The summed E-state index contributed by atoms with van der Waals surface area (Å²) in [6.07, 6.45) is 0. The van der Waals surface area contributed by atoms with Crippen molar-refractivity contribution in [2.45, 2.75) is 11.4 Å². The van der Waals surface area contributed by atoms with Crippen LogP contribution in [0.4, 0.5) is 0 Å². The van der Waals surface area contributed by atoms with Crippen molar-refractivity contribution in [3.05, 3.63) is 46.4 Å².